The normalized spacial score (nSPS) is 13.7. The Morgan fingerprint density at radius 2 is 1.51 bits per heavy atom. The SMILES string of the molecule is CC(=O)Nc1ccc(N2C(=O)c3ccc(C(=O)OCC(=O)Nc4ccc5c(c4)CCC5)cc3C2=O)cc1. The van der Waals surface area contributed by atoms with E-state index in [0.29, 0.717) is 17.1 Å². The number of anilines is 3. The van der Waals surface area contributed by atoms with Crippen LogP contribution in [-0.2, 0) is 27.2 Å². The zero-order valence-corrected chi connectivity index (χ0v) is 20.0. The summed E-state index contributed by atoms with van der Waals surface area (Å²) in [6.45, 7) is 0.883. The number of carbonyl (C=O) groups is 5. The van der Waals surface area contributed by atoms with E-state index < -0.39 is 30.3 Å². The summed E-state index contributed by atoms with van der Waals surface area (Å²) in [5, 5.41) is 5.34. The third-order valence-corrected chi connectivity index (χ3v) is 6.28. The first-order valence-corrected chi connectivity index (χ1v) is 11.8. The lowest BCUT2D eigenvalue weighted by molar-refractivity contribution is -0.119. The highest BCUT2D eigenvalue weighted by Crippen LogP contribution is 2.30. The number of aryl methyl sites for hydroxylation is 2. The summed E-state index contributed by atoms with van der Waals surface area (Å²) in [6, 6.07) is 16.1. The molecule has 0 atom stereocenters. The molecule has 1 heterocycles. The Labute approximate surface area is 212 Å². The minimum atomic E-state index is -0.787. The van der Waals surface area contributed by atoms with Gasteiger partial charge in [-0.3, -0.25) is 19.2 Å². The summed E-state index contributed by atoms with van der Waals surface area (Å²) in [5.41, 5.74) is 4.27. The van der Waals surface area contributed by atoms with Crippen molar-refractivity contribution in [3.05, 3.63) is 88.5 Å². The highest BCUT2D eigenvalue weighted by molar-refractivity contribution is 6.34. The summed E-state index contributed by atoms with van der Waals surface area (Å²) >= 11 is 0. The molecule has 3 aromatic carbocycles. The molecule has 2 aliphatic rings. The number of carbonyl (C=O) groups excluding carboxylic acids is 5. The maximum Gasteiger partial charge on any atom is 0.338 e. The molecule has 4 amide bonds. The number of benzene rings is 3. The van der Waals surface area contributed by atoms with Gasteiger partial charge in [-0.2, -0.15) is 0 Å². The van der Waals surface area contributed by atoms with E-state index in [1.807, 2.05) is 18.2 Å². The third-order valence-electron chi connectivity index (χ3n) is 6.28. The standard InChI is InChI=1S/C28H23N3O6/c1-16(32)29-20-8-10-22(11-9-20)31-26(34)23-12-6-19(14-24(23)27(31)35)28(36)37-15-25(33)30-21-7-5-17-3-2-4-18(17)13-21/h5-14H,2-4,15H2,1H3,(H,29,32)(H,30,33). The monoisotopic (exact) mass is 497 g/mol. The lowest BCUT2D eigenvalue weighted by atomic mass is 10.1. The molecular formula is C28H23N3O6. The van der Waals surface area contributed by atoms with Crippen molar-refractivity contribution in [2.24, 2.45) is 0 Å². The second-order valence-electron chi connectivity index (χ2n) is 8.90. The van der Waals surface area contributed by atoms with Crippen LogP contribution in [0.5, 0.6) is 0 Å². The number of rotatable bonds is 6. The number of ether oxygens (including phenoxy) is 1. The number of esters is 1. The molecule has 5 rings (SSSR count). The molecule has 186 valence electrons. The van der Waals surface area contributed by atoms with Crippen LogP contribution in [0.15, 0.2) is 60.7 Å². The molecule has 1 aliphatic heterocycles. The minimum absolute atomic E-state index is 0.0492. The summed E-state index contributed by atoms with van der Waals surface area (Å²) in [6.07, 6.45) is 3.12. The van der Waals surface area contributed by atoms with Crippen molar-refractivity contribution in [2.45, 2.75) is 26.2 Å². The van der Waals surface area contributed by atoms with Crippen molar-refractivity contribution in [1.29, 1.82) is 0 Å². The number of nitrogens with zero attached hydrogens (tertiary/aromatic N) is 1. The molecule has 0 aromatic heterocycles. The zero-order valence-electron chi connectivity index (χ0n) is 20.0. The summed E-state index contributed by atoms with van der Waals surface area (Å²) in [5.74, 6) is -2.62. The zero-order chi connectivity index (χ0) is 26.1. The Morgan fingerprint density at radius 1 is 0.811 bits per heavy atom. The highest BCUT2D eigenvalue weighted by Gasteiger charge is 2.37. The Kier molecular flexibility index (Phi) is 6.27. The van der Waals surface area contributed by atoms with E-state index >= 15 is 0 Å². The lowest BCUT2D eigenvalue weighted by Gasteiger charge is -2.14. The second-order valence-corrected chi connectivity index (χ2v) is 8.90. The van der Waals surface area contributed by atoms with E-state index in [1.54, 1.807) is 24.3 Å². The van der Waals surface area contributed by atoms with Crippen LogP contribution in [0.2, 0.25) is 0 Å². The van der Waals surface area contributed by atoms with Gasteiger partial charge in [0.15, 0.2) is 6.61 Å². The average molecular weight is 498 g/mol. The maximum atomic E-state index is 13.0. The van der Waals surface area contributed by atoms with Gasteiger partial charge in [0, 0.05) is 18.3 Å². The first-order chi connectivity index (χ1) is 17.8. The molecule has 9 nitrogen and oxygen atoms in total. The van der Waals surface area contributed by atoms with Gasteiger partial charge < -0.3 is 15.4 Å². The van der Waals surface area contributed by atoms with Crippen LogP contribution in [0.4, 0.5) is 17.1 Å². The fourth-order valence-electron chi connectivity index (χ4n) is 4.56. The van der Waals surface area contributed by atoms with E-state index in [4.69, 9.17) is 4.74 Å². The number of amides is 4. The minimum Gasteiger partial charge on any atom is -0.452 e. The number of hydrogen-bond acceptors (Lipinski definition) is 6. The molecule has 0 bridgehead atoms. The first-order valence-electron chi connectivity index (χ1n) is 11.8. The number of hydrogen-bond donors (Lipinski definition) is 2. The predicted octanol–water partition coefficient (Wildman–Crippen LogP) is 3.73. The van der Waals surface area contributed by atoms with Crippen LogP contribution in [0.25, 0.3) is 0 Å². The van der Waals surface area contributed by atoms with Crippen molar-refractivity contribution < 1.29 is 28.7 Å². The van der Waals surface area contributed by atoms with Crippen LogP contribution in [-0.4, -0.2) is 36.2 Å². The Morgan fingerprint density at radius 3 is 2.27 bits per heavy atom. The van der Waals surface area contributed by atoms with E-state index in [9.17, 15) is 24.0 Å². The molecule has 0 radical (unpaired) electrons. The molecule has 9 heteroatoms. The predicted molar refractivity (Wildman–Crippen MR) is 136 cm³/mol. The van der Waals surface area contributed by atoms with Gasteiger partial charge in [0.1, 0.15) is 0 Å². The topological polar surface area (TPSA) is 122 Å². The highest BCUT2D eigenvalue weighted by atomic mass is 16.5. The molecule has 3 aromatic rings. The quantitative estimate of drug-likeness (QED) is 0.395. The van der Waals surface area contributed by atoms with E-state index in [2.05, 4.69) is 10.6 Å². The molecule has 37 heavy (non-hydrogen) atoms. The maximum absolute atomic E-state index is 13.0. The van der Waals surface area contributed by atoms with Gasteiger partial charge in [-0.15, -0.1) is 0 Å². The van der Waals surface area contributed by atoms with E-state index in [1.165, 1.54) is 36.2 Å². The van der Waals surface area contributed by atoms with Crippen molar-refractivity contribution >= 4 is 46.7 Å². The number of imide groups is 1. The summed E-state index contributed by atoms with van der Waals surface area (Å²) in [4.78, 5) is 63.0. The molecule has 0 spiro atoms. The van der Waals surface area contributed by atoms with Crippen LogP contribution in [0.3, 0.4) is 0 Å². The van der Waals surface area contributed by atoms with Crippen molar-refractivity contribution in [3.63, 3.8) is 0 Å². The Bertz CT molecular complexity index is 1460. The molecule has 0 unspecified atom stereocenters. The Hall–Kier alpha value is -4.79. The second kappa shape index (κ2) is 9.69. The molecular weight excluding hydrogens is 474 g/mol. The molecule has 2 N–H and O–H groups in total. The lowest BCUT2D eigenvalue weighted by Crippen LogP contribution is -2.29. The number of fused-ring (bicyclic) bond motifs is 2. The van der Waals surface area contributed by atoms with Crippen molar-refractivity contribution in [2.75, 3.05) is 22.1 Å². The summed E-state index contributed by atoms with van der Waals surface area (Å²) < 4.78 is 5.14. The first kappa shape index (κ1) is 23.9. The van der Waals surface area contributed by atoms with Crippen LogP contribution >= 0.6 is 0 Å². The summed E-state index contributed by atoms with van der Waals surface area (Å²) in [7, 11) is 0. The number of nitrogens with one attached hydrogen (secondary N) is 2. The van der Waals surface area contributed by atoms with Gasteiger partial charge in [-0.1, -0.05) is 6.07 Å². The van der Waals surface area contributed by atoms with Crippen LogP contribution < -0.4 is 15.5 Å². The molecule has 0 saturated heterocycles. The van der Waals surface area contributed by atoms with Crippen molar-refractivity contribution in [3.8, 4) is 0 Å². The van der Waals surface area contributed by atoms with Crippen molar-refractivity contribution in [1.82, 2.24) is 0 Å². The third kappa shape index (κ3) is 4.84. The van der Waals surface area contributed by atoms with Gasteiger partial charge >= 0.3 is 5.97 Å². The fraction of sp³-hybridized carbons (Fsp3) is 0.179. The largest absolute Gasteiger partial charge is 0.452 e. The van der Waals surface area contributed by atoms with Gasteiger partial charge in [-0.25, -0.2) is 9.69 Å². The van der Waals surface area contributed by atoms with Gasteiger partial charge in [-0.05, 0) is 85.0 Å². The van der Waals surface area contributed by atoms with Crippen LogP contribution in [0.1, 0.15) is 55.5 Å². The average Bonchev–Trinajstić information content (AvgIpc) is 3.44. The van der Waals surface area contributed by atoms with E-state index in [-0.39, 0.29) is 22.6 Å². The van der Waals surface area contributed by atoms with Gasteiger partial charge in [0.2, 0.25) is 5.91 Å². The van der Waals surface area contributed by atoms with Gasteiger partial charge in [0.05, 0.1) is 22.4 Å². The molecule has 1 aliphatic carbocycles. The fourth-order valence-corrected chi connectivity index (χ4v) is 4.56. The smallest absolute Gasteiger partial charge is 0.338 e. The van der Waals surface area contributed by atoms with E-state index in [0.717, 1.165) is 24.2 Å². The molecule has 0 saturated carbocycles. The van der Waals surface area contributed by atoms with Gasteiger partial charge in [0.25, 0.3) is 17.7 Å². The Balaban J connectivity index is 1.23. The molecule has 0 fully saturated rings. The van der Waals surface area contributed by atoms with Crippen LogP contribution in [0, 0.1) is 0 Å².